The predicted molar refractivity (Wildman–Crippen MR) is 119 cm³/mol. The van der Waals surface area contributed by atoms with E-state index in [9.17, 15) is 18.8 Å². The second kappa shape index (κ2) is 8.00. The molecular formula is C22H17BrFN3O4S. The molecule has 0 radical (unpaired) electrons. The van der Waals surface area contributed by atoms with Gasteiger partial charge in [-0.1, -0.05) is 12.1 Å². The number of carbonyl (C=O) groups excluding carboxylic acids is 2. The summed E-state index contributed by atoms with van der Waals surface area (Å²) in [6.45, 7) is -0.173. The Labute approximate surface area is 194 Å². The molecule has 2 aliphatic heterocycles. The fourth-order valence-corrected chi connectivity index (χ4v) is 6.24. The number of carbonyl (C=O) groups is 2. The van der Waals surface area contributed by atoms with Crippen LogP contribution in [0, 0.1) is 5.82 Å². The van der Waals surface area contributed by atoms with E-state index in [2.05, 4.69) is 20.9 Å². The van der Waals surface area contributed by atoms with Crippen LogP contribution in [-0.2, 0) is 25.8 Å². The number of halogens is 2. The van der Waals surface area contributed by atoms with E-state index in [0.717, 1.165) is 10.0 Å². The maximum atomic E-state index is 13.4. The van der Waals surface area contributed by atoms with Gasteiger partial charge in [-0.15, -0.1) is 11.8 Å². The number of rotatable bonds is 4. The van der Waals surface area contributed by atoms with Crippen molar-refractivity contribution in [2.75, 3.05) is 5.75 Å². The van der Waals surface area contributed by atoms with Gasteiger partial charge in [-0.05, 0) is 52.2 Å². The van der Waals surface area contributed by atoms with Crippen molar-refractivity contribution >= 4 is 45.2 Å². The molecule has 7 nitrogen and oxygen atoms in total. The lowest BCUT2D eigenvalue weighted by Gasteiger charge is -2.33. The quantitative estimate of drug-likeness (QED) is 0.494. The number of thioether (sulfide) groups is 1. The molecule has 10 heteroatoms. The van der Waals surface area contributed by atoms with Crippen molar-refractivity contribution in [1.29, 1.82) is 0 Å². The van der Waals surface area contributed by atoms with Crippen LogP contribution in [0.15, 0.2) is 57.9 Å². The molecule has 164 valence electrons. The zero-order chi connectivity index (χ0) is 22.5. The van der Waals surface area contributed by atoms with Gasteiger partial charge < -0.3 is 9.64 Å². The number of fused-ring (bicyclic) bond motifs is 2. The van der Waals surface area contributed by atoms with Crippen LogP contribution in [0.1, 0.15) is 24.1 Å². The summed E-state index contributed by atoms with van der Waals surface area (Å²) in [6, 6.07) is 10.1. The Kier molecular flexibility index (Phi) is 5.29. The summed E-state index contributed by atoms with van der Waals surface area (Å²) in [4.78, 5) is 43.2. The number of esters is 1. The van der Waals surface area contributed by atoms with Crippen molar-refractivity contribution in [2.45, 2.75) is 30.4 Å². The highest BCUT2D eigenvalue weighted by Gasteiger charge is 2.57. The van der Waals surface area contributed by atoms with Crippen molar-refractivity contribution in [3.05, 3.63) is 80.6 Å². The largest absolute Gasteiger partial charge is 0.458 e. The van der Waals surface area contributed by atoms with Crippen LogP contribution in [0.25, 0.3) is 5.65 Å². The third-order valence-corrected chi connectivity index (χ3v) is 7.80. The van der Waals surface area contributed by atoms with E-state index in [1.807, 2.05) is 0 Å². The Morgan fingerprint density at radius 3 is 2.81 bits per heavy atom. The van der Waals surface area contributed by atoms with Crippen LogP contribution in [-0.4, -0.2) is 38.0 Å². The molecular weight excluding hydrogens is 501 g/mol. The number of benzene rings is 1. The lowest BCUT2D eigenvalue weighted by Crippen LogP contribution is -2.46. The lowest BCUT2D eigenvalue weighted by molar-refractivity contribution is -0.155. The Bertz CT molecular complexity index is 1300. The molecule has 1 amide bonds. The monoisotopic (exact) mass is 517 g/mol. The molecule has 2 aliphatic rings. The number of nitrogens with zero attached hydrogens (tertiary/aromatic N) is 3. The van der Waals surface area contributed by atoms with Crippen LogP contribution in [0.5, 0.6) is 0 Å². The second-order valence-corrected chi connectivity index (χ2v) is 9.86. The van der Waals surface area contributed by atoms with E-state index in [1.165, 1.54) is 34.4 Å². The first-order chi connectivity index (χ1) is 15.4. The maximum Gasteiger partial charge on any atom is 0.330 e. The van der Waals surface area contributed by atoms with Gasteiger partial charge in [0.2, 0.25) is 5.91 Å². The first-order valence-electron chi connectivity index (χ1n) is 9.94. The van der Waals surface area contributed by atoms with Crippen LogP contribution < -0.4 is 5.56 Å². The molecule has 2 fully saturated rings. The van der Waals surface area contributed by atoms with Crippen LogP contribution in [0.2, 0.25) is 0 Å². The molecule has 4 heterocycles. The van der Waals surface area contributed by atoms with Crippen LogP contribution >= 0.6 is 27.7 Å². The zero-order valence-electron chi connectivity index (χ0n) is 16.7. The molecule has 2 aromatic heterocycles. The summed E-state index contributed by atoms with van der Waals surface area (Å²) in [5.74, 6) is -0.654. The first kappa shape index (κ1) is 21.1. The van der Waals surface area contributed by atoms with Gasteiger partial charge in [0.15, 0.2) is 0 Å². The van der Waals surface area contributed by atoms with Crippen molar-refractivity contribution in [1.82, 2.24) is 14.3 Å². The zero-order valence-corrected chi connectivity index (χ0v) is 19.1. The van der Waals surface area contributed by atoms with Gasteiger partial charge in [-0.3, -0.25) is 14.0 Å². The first-order valence-corrected chi connectivity index (χ1v) is 11.7. The lowest BCUT2D eigenvalue weighted by atomic mass is 10.0. The van der Waals surface area contributed by atoms with Crippen LogP contribution in [0.4, 0.5) is 4.39 Å². The summed E-state index contributed by atoms with van der Waals surface area (Å²) in [5.41, 5.74) is 1.27. The summed E-state index contributed by atoms with van der Waals surface area (Å²) in [6.07, 6.45) is 2.47. The molecule has 3 aromatic rings. The standard InChI is InChI=1S/C22H17BrFN3O4S/c23-14-3-6-18-25-16(9-20(29)26(18)10-14)11-31-21(30)17-12-32-22(8-7-19(28)27(17)22)13-1-4-15(24)5-2-13/h1-6,9-10,17H,7-8,11-12H2/t17-,22-/m1/s1. The summed E-state index contributed by atoms with van der Waals surface area (Å²) >= 11 is 4.81. The molecule has 0 aliphatic carbocycles. The predicted octanol–water partition coefficient (Wildman–Crippen LogP) is 3.23. The highest BCUT2D eigenvalue weighted by Crippen LogP contribution is 2.54. The molecule has 0 spiro atoms. The number of ether oxygens (including phenoxy) is 1. The minimum Gasteiger partial charge on any atom is -0.458 e. The molecule has 5 rings (SSSR count). The van der Waals surface area contributed by atoms with Gasteiger partial charge >= 0.3 is 5.97 Å². The molecule has 1 aromatic carbocycles. The fourth-order valence-electron chi connectivity index (χ4n) is 4.27. The average molecular weight is 518 g/mol. The van der Waals surface area contributed by atoms with Gasteiger partial charge in [0.1, 0.15) is 29.0 Å². The smallest absolute Gasteiger partial charge is 0.330 e. The Morgan fingerprint density at radius 1 is 1.25 bits per heavy atom. The van der Waals surface area contributed by atoms with Crippen molar-refractivity contribution < 1.29 is 18.7 Å². The SMILES string of the molecule is O=C(OCc1cc(=O)n2cc(Br)ccc2n1)[C@H]1CS[C@@]2(c3ccc(F)cc3)CCC(=O)N12. The fraction of sp³-hybridized carbons (Fsp3) is 0.273. The molecule has 0 bridgehead atoms. The third-order valence-electron chi connectivity index (χ3n) is 5.73. The van der Waals surface area contributed by atoms with Gasteiger partial charge in [0, 0.05) is 28.9 Å². The Hall–Kier alpha value is -2.72. The van der Waals surface area contributed by atoms with Crippen molar-refractivity contribution in [3.63, 3.8) is 0 Å². The number of hydrogen-bond acceptors (Lipinski definition) is 6. The normalized spacial score (nSPS) is 22.4. The molecule has 0 unspecified atom stereocenters. The number of amides is 1. The molecule has 32 heavy (non-hydrogen) atoms. The number of pyridine rings is 1. The summed E-state index contributed by atoms with van der Waals surface area (Å²) in [5, 5.41) is 0. The van der Waals surface area contributed by atoms with E-state index in [0.29, 0.717) is 29.9 Å². The van der Waals surface area contributed by atoms with Gasteiger partial charge in [-0.2, -0.15) is 0 Å². The summed E-state index contributed by atoms with van der Waals surface area (Å²) in [7, 11) is 0. The Morgan fingerprint density at radius 2 is 2.03 bits per heavy atom. The molecule has 2 saturated heterocycles. The van der Waals surface area contributed by atoms with Crippen LogP contribution in [0.3, 0.4) is 0 Å². The molecule has 0 N–H and O–H groups in total. The summed E-state index contributed by atoms with van der Waals surface area (Å²) < 4.78 is 21.0. The van der Waals surface area contributed by atoms with Gasteiger partial charge in [0.05, 0.1) is 5.69 Å². The maximum absolute atomic E-state index is 13.4. The van der Waals surface area contributed by atoms with Crippen molar-refractivity contribution in [2.24, 2.45) is 0 Å². The van der Waals surface area contributed by atoms with E-state index in [1.54, 1.807) is 35.4 Å². The van der Waals surface area contributed by atoms with E-state index in [4.69, 9.17) is 4.74 Å². The average Bonchev–Trinajstić information content (AvgIpc) is 3.32. The topological polar surface area (TPSA) is 81.0 Å². The van der Waals surface area contributed by atoms with Gasteiger partial charge in [-0.25, -0.2) is 14.2 Å². The molecule has 2 atom stereocenters. The molecule has 0 saturated carbocycles. The number of aromatic nitrogens is 2. The Balaban J connectivity index is 1.36. The minimum atomic E-state index is -0.752. The second-order valence-electron chi connectivity index (χ2n) is 7.65. The van der Waals surface area contributed by atoms with Crippen molar-refractivity contribution in [3.8, 4) is 0 Å². The van der Waals surface area contributed by atoms with E-state index in [-0.39, 0.29) is 23.9 Å². The minimum absolute atomic E-state index is 0.131. The van der Waals surface area contributed by atoms with E-state index >= 15 is 0 Å². The van der Waals surface area contributed by atoms with E-state index < -0.39 is 16.9 Å². The third kappa shape index (κ3) is 3.51. The highest BCUT2D eigenvalue weighted by molar-refractivity contribution is 9.10. The highest BCUT2D eigenvalue weighted by atomic mass is 79.9. The number of hydrogen-bond donors (Lipinski definition) is 0. The van der Waals surface area contributed by atoms with Gasteiger partial charge in [0.25, 0.3) is 5.56 Å².